The van der Waals surface area contributed by atoms with E-state index in [-0.39, 0.29) is 24.4 Å². The SMILES string of the molecule is O=C(COC(=O)CSc1nc2ccccc2n1Cc1ccccc1)NC[C@H]1CCCO1. The summed E-state index contributed by atoms with van der Waals surface area (Å²) in [4.78, 5) is 28.7. The number of esters is 1. The number of ether oxygens (including phenoxy) is 2. The molecule has 4 rings (SSSR count). The Labute approximate surface area is 185 Å². The van der Waals surface area contributed by atoms with Crippen molar-refractivity contribution < 1.29 is 19.1 Å². The molecule has 1 atom stereocenters. The first-order valence-corrected chi connectivity index (χ1v) is 11.3. The van der Waals surface area contributed by atoms with Crippen LogP contribution in [-0.2, 0) is 25.6 Å². The quantitative estimate of drug-likeness (QED) is 0.408. The van der Waals surface area contributed by atoms with Gasteiger partial charge in [-0.1, -0.05) is 54.2 Å². The number of amides is 1. The normalized spacial score (nSPS) is 15.8. The maximum Gasteiger partial charge on any atom is 0.316 e. The first kappa shape index (κ1) is 21.4. The van der Waals surface area contributed by atoms with Gasteiger partial charge in [0, 0.05) is 13.2 Å². The van der Waals surface area contributed by atoms with Crippen LogP contribution >= 0.6 is 11.8 Å². The molecule has 1 aliphatic rings. The van der Waals surface area contributed by atoms with Crippen molar-refractivity contribution in [3.8, 4) is 0 Å². The molecule has 1 aliphatic heterocycles. The summed E-state index contributed by atoms with van der Waals surface area (Å²) in [6, 6.07) is 18.0. The van der Waals surface area contributed by atoms with E-state index in [0.717, 1.165) is 41.2 Å². The van der Waals surface area contributed by atoms with Gasteiger partial charge in [0.15, 0.2) is 11.8 Å². The zero-order valence-electron chi connectivity index (χ0n) is 17.2. The maximum atomic E-state index is 12.2. The summed E-state index contributed by atoms with van der Waals surface area (Å²) in [5.74, 6) is -0.683. The Morgan fingerprint density at radius 1 is 1.16 bits per heavy atom. The molecule has 2 heterocycles. The fourth-order valence-electron chi connectivity index (χ4n) is 3.48. The fourth-order valence-corrected chi connectivity index (χ4v) is 4.29. The predicted octanol–water partition coefficient (Wildman–Crippen LogP) is 3.02. The van der Waals surface area contributed by atoms with Gasteiger partial charge in [-0.25, -0.2) is 4.98 Å². The summed E-state index contributed by atoms with van der Waals surface area (Å²) in [5, 5.41) is 3.48. The minimum absolute atomic E-state index is 0.0628. The lowest BCUT2D eigenvalue weighted by Crippen LogP contribution is -2.35. The molecular weight excluding hydrogens is 414 g/mol. The standard InChI is InChI=1S/C23H25N3O4S/c27-21(24-13-18-9-6-12-29-18)15-30-22(28)16-31-23-25-19-10-4-5-11-20(19)26(23)14-17-7-2-1-3-8-17/h1-5,7-8,10-11,18H,6,9,12-16H2,(H,24,27)/t18-/m1/s1. The molecule has 162 valence electrons. The van der Waals surface area contributed by atoms with Gasteiger partial charge >= 0.3 is 5.97 Å². The van der Waals surface area contributed by atoms with E-state index in [4.69, 9.17) is 9.47 Å². The van der Waals surface area contributed by atoms with Gasteiger partial charge < -0.3 is 19.4 Å². The lowest BCUT2D eigenvalue weighted by molar-refractivity contribution is -0.146. The molecule has 1 amide bonds. The first-order chi connectivity index (χ1) is 15.2. The number of rotatable bonds is 9. The molecule has 3 aromatic rings. The number of nitrogens with one attached hydrogen (secondary N) is 1. The minimum atomic E-state index is -0.449. The van der Waals surface area contributed by atoms with Gasteiger partial charge in [0.05, 0.1) is 29.4 Å². The number of hydrogen-bond donors (Lipinski definition) is 1. The Morgan fingerprint density at radius 3 is 2.77 bits per heavy atom. The van der Waals surface area contributed by atoms with Gasteiger partial charge in [-0.2, -0.15) is 0 Å². The third-order valence-electron chi connectivity index (χ3n) is 5.04. The van der Waals surface area contributed by atoms with Crippen LogP contribution in [0.5, 0.6) is 0 Å². The Bertz CT molecular complexity index is 1030. The van der Waals surface area contributed by atoms with Crippen LogP contribution < -0.4 is 5.32 Å². The van der Waals surface area contributed by atoms with E-state index in [0.29, 0.717) is 13.1 Å². The fraction of sp³-hybridized carbons (Fsp3) is 0.348. The molecule has 8 heteroatoms. The molecule has 0 bridgehead atoms. The summed E-state index contributed by atoms with van der Waals surface area (Å²) < 4.78 is 12.7. The molecule has 0 radical (unpaired) electrons. The summed E-state index contributed by atoms with van der Waals surface area (Å²) in [5.41, 5.74) is 3.04. The molecule has 0 saturated carbocycles. The number of carbonyl (C=O) groups excluding carboxylic acids is 2. The van der Waals surface area contributed by atoms with Crippen molar-refractivity contribution in [2.45, 2.75) is 30.6 Å². The van der Waals surface area contributed by atoms with Crippen molar-refractivity contribution in [2.24, 2.45) is 0 Å². The highest BCUT2D eigenvalue weighted by Crippen LogP contribution is 2.25. The van der Waals surface area contributed by atoms with Crippen LogP contribution in [0.2, 0.25) is 0 Å². The summed E-state index contributed by atoms with van der Waals surface area (Å²) in [6.45, 7) is 1.56. The van der Waals surface area contributed by atoms with Crippen LogP contribution in [0.3, 0.4) is 0 Å². The lowest BCUT2D eigenvalue weighted by Gasteiger charge is -2.11. The van der Waals surface area contributed by atoms with Crippen molar-refractivity contribution in [1.82, 2.24) is 14.9 Å². The van der Waals surface area contributed by atoms with Crippen LogP contribution in [0.15, 0.2) is 59.8 Å². The second kappa shape index (κ2) is 10.5. The molecule has 0 spiro atoms. The predicted molar refractivity (Wildman–Crippen MR) is 119 cm³/mol. The second-order valence-electron chi connectivity index (χ2n) is 7.34. The average Bonchev–Trinajstić information content (AvgIpc) is 3.44. The minimum Gasteiger partial charge on any atom is -0.455 e. The van der Waals surface area contributed by atoms with Crippen molar-refractivity contribution in [3.05, 3.63) is 60.2 Å². The lowest BCUT2D eigenvalue weighted by atomic mass is 10.2. The smallest absolute Gasteiger partial charge is 0.316 e. The van der Waals surface area contributed by atoms with Crippen molar-refractivity contribution in [3.63, 3.8) is 0 Å². The molecule has 1 N–H and O–H groups in total. The topological polar surface area (TPSA) is 82.5 Å². The largest absolute Gasteiger partial charge is 0.455 e. The summed E-state index contributed by atoms with van der Waals surface area (Å²) in [7, 11) is 0. The van der Waals surface area contributed by atoms with E-state index in [2.05, 4.69) is 27.0 Å². The average molecular weight is 440 g/mol. The Morgan fingerprint density at radius 2 is 1.97 bits per heavy atom. The number of carbonyl (C=O) groups is 2. The maximum absolute atomic E-state index is 12.2. The van der Waals surface area contributed by atoms with E-state index < -0.39 is 5.97 Å². The molecule has 1 aromatic heterocycles. The summed E-state index contributed by atoms with van der Waals surface area (Å²) >= 11 is 1.31. The zero-order valence-corrected chi connectivity index (χ0v) is 18.0. The number of imidazole rings is 1. The number of nitrogens with zero attached hydrogens (tertiary/aromatic N) is 2. The Balaban J connectivity index is 1.32. The van der Waals surface area contributed by atoms with E-state index in [1.165, 1.54) is 11.8 Å². The zero-order chi connectivity index (χ0) is 21.5. The molecule has 1 fully saturated rings. The van der Waals surface area contributed by atoms with Crippen LogP contribution in [0, 0.1) is 0 Å². The van der Waals surface area contributed by atoms with Crippen LogP contribution in [0.25, 0.3) is 11.0 Å². The van der Waals surface area contributed by atoms with Gasteiger partial charge in [0.1, 0.15) is 0 Å². The van der Waals surface area contributed by atoms with Crippen molar-refractivity contribution in [2.75, 3.05) is 25.5 Å². The summed E-state index contributed by atoms with van der Waals surface area (Å²) in [6.07, 6.45) is 2.02. The number of fused-ring (bicyclic) bond motifs is 1. The van der Waals surface area contributed by atoms with Crippen LogP contribution in [-0.4, -0.2) is 53.0 Å². The van der Waals surface area contributed by atoms with E-state index >= 15 is 0 Å². The van der Waals surface area contributed by atoms with Crippen molar-refractivity contribution in [1.29, 1.82) is 0 Å². The van der Waals surface area contributed by atoms with Crippen LogP contribution in [0.1, 0.15) is 18.4 Å². The van der Waals surface area contributed by atoms with Crippen LogP contribution in [0.4, 0.5) is 0 Å². The first-order valence-electron chi connectivity index (χ1n) is 10.3. The molecule has 31 heavy (non-hydrogen) atoms. The highest BCUT2D eigenvalue weighted by Gasteiger charge is 2.17. The van der Waals surface area contributed by atoms with Gasteiger partial charge in [0.25, 0.3) is 5.91 Å². The van der Waals surface area contributed by atoms with Gasteiger partial charge in [-0.15, -0.1) is 0 Å². The molecule has 2 aromatic carbocycles. The Hall–Kier alpha value is -2.84. The second-order valence-corrected chi connectivity index (χ2v) is 8.29. The number of para-hydroxylation sites is 2. The van der Waals surface area contributed by atoms with Gasteiger partial charge in [-0.05, 0) is 30.5 Å². The van der Waals surface area contributed by atoms with E-state index in [1.54, 1.807) is 0 Å². The molecule has 1 saturated heterocycles. The van der Waals surface area contributed by atoms with Crippen molar-refractivity contribution >= 4 is 34.7 Å². The third-order valence-corrected chi connectivity index (χ3v) is 5.99. The third kappa shape index (κ3) is 5.86. The molecular formula is C23H25N3O4S. The number of benzene rings is 2. The van der Waals surface area contributed by atoms with Gasteiger partial charge in [0.2, 0.25) is 0 Å². The monoisotopic (exact) mass is 439 g/mol. The number of aromatic nitrogens is 2. The van der Waals surface area contributed by atoms with Gasteiger partial charge in [-0.3, -0.25) is 9.59 Å². The number of thioether (sulfide) groups is 1. The van der Waals surface area contributed by atoms with E-state index in [9.17, 15) is 9.59 Å². The molecule has 0 unspecified atom stereocenters. The highest BCUT2D eigenvalue weighted by molar-refractivity contribution is 7.99. The number of hydrogen-bond acceptors (Lipinski definition) is 6. The van der Waals surface area contributed by atoms with E-state index in [1.807, 2.05) is 42.5 Å². The Kier molecular flexibility index (Phi) is 7.22. The molecule has 7 nitrogen and oxygen atoms in total. The highest BCUT2D eigenvalue weighted by atomic mass is 32.2. The molecule has 0 aliphatic carbocycles.